The molecule has 0 radical (unpaired) electrons. The maximum Gasteiger partial charge on any atom is 0.322 e. The first-order valence-electron chi connectivity index (χ1n) is 11.4. The molecule has 3 aromatic rings. The fourth-order valence-corrected chi connectivity index (χ4v) is 3.74. The highest BCUT2D eigenvalue weighted by molar-refractivity contribution is 5.92. The van der Waals surface area contributed by atoms with Crippen LogP contribution in [0.5, 0.6) is 11.5 Å². The van der Waals surface area contributed by atoms with Crippen molar-refractivity contribution in [2.45, 2.75) is 20.0 Å². The number of hydrogen-bond donors (Lipinski definition) is 1. The molecule has 3 amide bonds. The average molecular weight is 498 g/mol. The first-order chi connectivity index (χ1) is 17.4. The molecule has 0 fully saturated rings. The summed E-state index contributed by atoms with van der Waals surface area (Å²) in [6.07, 6.45) is 0. The van der Waals surface area contributed by atoms with Crippen LogP contribution in [0.4, 0.5) is 14.9 Å². The van der Waals surface area contributed by atoms with E-state index in [1.165, 1.54) is 30.2 Å². The number of carbonyl (C=O) groups is 2. The maximum atomic E-state index is 13.6. The zero-order valence-electron chi connectivity index (χ0n) is 20.2. The molecule has 1 aromatic heterocycles. The van der Waals surface area contributed by atoms with Crippen LogP contribution in [0.3, 0.4) is 0 Å². The number of benzene rings is 2. The molecule has 0 saturated heterocycles. The number of rotatable bonds is 10. The van der Waals surface area contributed by atoms with Gasteiger partial charge in [0, 0.05) is 25.9 Å². The van der Waals surface area contributed by atoms with E-state index in [4.69, 9.17) is 18.6 Å². The van der Waals surface area contributed by atoms with Crippen LogP contribution >= 0.6 is 0 Å². The molecule has 10 heteroatoms. The SMILES string of the molecule is COCCN(CC(=O)N(Cc1ccc2c(c1)OCO2)Cc1ccc(C)o1)C(=O)Nc1cccc(F)c1. The van der Waals surface area contributed by atoms with Crippen molar-refractivity contribution < 1.29 is 32.6 Å². The molecule has 9 nitrogen and oxygen atoms in total. The second-order valence-electron chi connectivity index (χ2n) is 8.30. The van der Waals surface area contributed by atoms with Gasteiger partial charge in [-0.2, -0.15) is 0 Å². The monoisotopic (exact) mass is 497 g/mol. The smallest absolute Gasteiger partial charge is 0.322 e. The fraction of sp³-hybridized carbons (Fsp3) is 0.308. The predicted octanol–water partition coefficient (Wildman–Crippen LogP) is 4.17. The highest BCUT2D eigenvalue weighted by Crippen LogP contribution is 2.33. The number of fused-ring (bicyclic) bond motifs is 1. The molecule has 0 aliphatic carbocycles. The van der Waals surface area contributed by atoms with Crippen LogP contribution in [-0.4, -0.2) is 55.3 Å². The van der Waals surface area contributed by atoms with Gasteiger partial charge in [-0.15, -0.1) is 0 Å². The van der Waals surface area contributed by atoms with Gasteiger partial charge in [-0.1, -0.05) is 12.1 Å². The van der Waals surface area contributed by atoms with E-state index >= 15 is 0 Å². The third-order valence-corrected chi connectivity index (χ3v) is 5.56. The van der Waals surface area contributed by atoms with E-state index in [0.717, 1.165) is 11.3 Å². The van der Waals surface area contributed by atoms with E-state index in [1.54, 1.807) is 17.0 Å². The molecule has 190 valence electrons. The molecule has 0 saturated carbocycles. The maximum absolute atomic E-state index is 13.6. The molecular weight excluding hydrogens is 469 g/mol. The molecule has 1 aliphatic rings. The van der Waals surface area contributed by atoms with Gasteiger partial charge in [-0.05, 0) is 55.0 Å². The van der Waals surface area contributed by atoms with Crippen molar-refractivity contribution >= 4 is 17.6 Å². The Labute approximate surface area is 208 Å². The van der Waals surface area contributed by atoms with Crippen LogP contribution < -0.4 is 14.8 Å². The van der Waals surface area contributed by atoms with Gasteiger partial charge in [0.05, 0.1) is 13.2 Å². The van der Waals surface area contributed by atoms with Gasteiger partial charge in [0.25, 0.3) is 0 Å². The number of amides is 3. The number of hydrogen-bond acceptors (Lipinski definition) is 6. The number of nitrogens with one attached hydrogen (secondary N) is 1. The molecule has 36 heavy (non-hydrogen) atoms. The quantitative estimate of drug-likeness (QED) is 0.452. The number of methoxy groups -OCH3 is 1. The Hall–Kier alpha value is -4.05. The van der Waals surface area contributed by atoms with Crippen LogP contribution in [0.25, 0.3) is 0 Å². The number of halogens is 1. The Kier molecular flexibility index (Phi) is 8.06. The third kappa shape index (κ3) is 6.54. The minimum atomic E-state index is -0.539. The third-order valence-electron chi connectivity index (χ3n) is 5.56. The molecule has 2 aromatic carbocycles. The Morgan fingerprint density at radius 2 is 1.86 bits per heavy atom. The number of nitrogens with zero attached hydrogens (tertiary/aromatic N) is 2. The molecule has 0 bridgehead atoms. The number of furan rings is 1. The summed E-state index contributed by atoms with van der Waals surface area (Å²) in [6.45, 7) is 2.64. The van der Waals surface area contributed by atoms with Crippen LogP contribution in [0.15, 0.2) is 59.0 Å². The largest absolute Gasteiger partial charge is 0.464 e. The molecular formula is C26H28FN3O6. The summed E-state index contributed by atoms with van der Waals surface area (Å²) in [5.41, 5.74) is 1.13. The summed E-state index contributed by atoms with van der Waals surface area (Å²) in [4.78, 5) is 29.4. The normalized spacial score (nSPS) is 11.9. The Morgan fingerprint density at radius 3 is 2.61 bits per heavy atom. The minimum Gasteiger partial charge on any atom is -0.464 e. The highest BCUT2D eigenvalue weighted by atomic mass is 19.1. The number of aryl methyl sites for hydroxylation is 1. The van der Waals surface area contributed by atoms with E-state index in [1.807, 2.05) is 31.2 Å². The zero-order valence-corrected chi connectivity index (χ0v) is 20.2. The lowest BCUT2D eigenvalue weighted by Gasteiger charge is -2.27. The summed E-state index contributed by atoms with van der Waals surface area (Å²) in [7, 11) is 1.51. The van der Waals surface area contributed by atoms with Gasteiger partial charge >= 0.3 is 6.03 Å². The Bertz CT molecular complexity index is 1210. The standard InChI is InChI=1S/C26H28FN3O6/c1-18-6-8-22(36-18)15-30(14-19-7-9-23-24(12-19)35-17-34-23)25(31)16-29(10-11-33-2)26(32)28-21-5-3-4-20(27)13-21/h3-9,12-13H,10-11,14-17H2,1-2H3,(H,28,32). The first-order valence-corrected chi connectivity index (χ1v) is 11.4. The van der Waals surface area contributed by atoms with Crippen molar-refractivity contribution in [2.24, 2.45) is 0 Å². The lowest BCUT2D eigenvalue weighted by atomic mass is 10.2. The second kappa shape index (κ2) is 11.6. The van der Waals surface area contributed by atoms with Crippen molar-refractivity contribution in [1.29, 1.82) is 0 Å². The Balaban J connectivity index is 1.51. The molecule has 2 heterocycles. The van der Waals surface area contributed by atoms with Gasteiger partial charge in [-0.25, -0.2) is 9.18 Å². The number of ether oxygens (including phenoxy) is 3. The molecule has 1 N–H and O–H groups in total. The molecule has 1 aliphatic heterocycles. The molecule has 4 rings (SSSR count). The second-order valence-corrected chi connectivity index (χ2v) is 8.30. The fourth-order valence-electron chi connectivity index (χ4n) is 3.74. The lowest BCUT2D eigenvalue weighted by Crippen LogP contribution is -2.45. The number of anilines is 1. The summed E-state index contributed by atoms with van der Waals surface area (Å²) in [5, 5.41) is 2.64. The zero-order chi connectivity index (χ0) is 25.5. The first kappa shape index (κ1) is 25.1. The van der Waals surface area contributed by atoms with Gasteiger partial charge in [-0.3, -0.25) is 4.79 Å². The Morgan fingerprint density at radius 1 is 1.03 bits per heavy atom. The van der Waals surface area contributed by atoms with Crippen molar-refractivity contribution in [2.75, 3.05) is 38.9 Å². The van der Waals surface area contributed by atoms with Crippen molar-refractivity contribution in [3.63, 3.8) is 0 Å². The number of urea groups is 1. The van der Waals surface area contributed by atoms with Gasteiger partial charge in [0.1, 0.15) is 23.9 Å². The van der Waals surface area contributed by atoms with E-state index in [9.17, 15) is 14.0 Å². The highest BCUT2D eigenvalue weighted by Gasteiger charge is 2.24. The summed E-state index contributed by atoms with van der Waals surface area (Å²) < 4.78 is 35.2. The summed E-state index contributed by atoms with van der Waals surface area (Å²) >= 11 is 0. The van der Waals surface area contributed by atoms with Gasteiger partial charge in [0.15, 0.2) is 11.5 Å². The van der Waals surface area contributed by atoms with E-state index < -0.39 is 11.8 Å². The topological polar surface area (TPSA) is 93.5 Å². The van der Waals surface area contributed by atoms with Crippen LogP contribution in [0.1, 0.15) is 17.1 Å². The predicted molar refractivity (Wildman–Crippen MR) is 129 cm³/mol. The molecule has 0 atom stereocenters. The van der Waals surface area contributed by atoms with Gasteiger partial charge < -0.3 is 33.7 Å². The van der Waals surface area contributed by atoms with E-state index in [0.29, 0.717) is 17.3 Å². The van der Waals surface area contributed by atoms with Crippen LogP contribution in [0, 0.1) is 12.7 Å². The average Bonchev–Trinajstić information content (AvgIpc) is 3.49. The summed E-state index contributed by atoms with van der Waals surface area (Å²) in [5.74, 6) is 1.84. The van der Waals surface area contributed by atoms with E-state index in [-0.39, 0.29) is 51.2 Å². The number of carbonyl (C=O) groups excluding carboxylic acids is 2. The van der Waals surface area contributed by atoms with Crippen molar-refractivity contribution in [3.8, 4) is 11.5 Å². The molecule has 0 spiro atoms. The van der Waals surface area contributed by atoms with E-state index in [2.05, 4.69) is 5.32 Å². The summed E-state index contributed by atoms with van der Waals surface area (Å²) in [6, 6.07) is 14.2. The van der Waals surface area contributed by atoms with Crippen LogP contribution in [-0.2, 0) is 22.6 Å². The molecule has 0 unspecified atom stereocenters. The lowest BCUT2D eigenvalue weighted by molar-refractivity contribution is -0.133. The van der Waals surface area contributed by atoms with Crippen molar-refractivity contribution in [1.82, 2.24) is 9.80 Å². The minimum absolute atomic E-state index is 0.155. The van der Waals surface area contributed by atoms with Crippen molar-refractivity contribution in [3.05, 3.63) is 77.5 Å². The van der Waals surface area contributed by atoms with Gasteiger partial charge in [0.2, 0.25) is 12.7 Å². The van der Waals surface area contributed by atoms with Crippen LogP contribution in [0.2, 0.25) is 0 Å².